The summed E-state index contributed by atoms with van der Waals surface area (Å²) in [6.07, 6.45) is 61.9. The topological polar surface area (TPSA) is 78.9 Å². The van der Waals surface area contributed by atoms with E-state index in [1.807, 2.05) is 0 Å². The number of unbranched alkanes of at least 4 members (excludes halogenated alkanes) is 28. The van der Waals surface area contributed by atoms with Crippen molar-refractivity contribution in [3.05, 3.63) is 60.8 Å². The Morgan fingerprint density at radius 2 is 0.581 bits per heavy atom. The van der Waals surface area contributed by atoms with Gasteiger partial charge in [-0.05, 0) is 96.3 Å². The van der Waals surface area contributed by atoms with E-state index in [2.05, 4.69) is 81.5 Å². The molecule has 0 aliphatic carbocycles. The highest BCUT2D eigenvalue weighted by Gasteiger charge is 2.19. The summed E-state index contributed by atoms with van der Waals surface area (Å²) in [5.41, 5.74) is 0. The summed E-state index contributed by atoms with van der Waals surface area (Å²) in [6, 6.07) is 0. The van der Waals surface area contributed by atoms with Crippen LogP contribution in [0.2, 0.25) is 0 Å². The molecule has 0 fully saturated rings. The number of carbonyl (C=O) groups is 3. The second kappa shape index (κ2) is 50.8. The van der Waals surface area contributed by atoms with Gasteiger partial charge in [0.2, 0.25) is 0 Å². The minimum Gasteiger partial charge on any atom is -0.462 e. The van der Waals surface area contributed by atoms with Crippen molar-refractivity contribution in [2.75, 3.05) is 13.2 Å². The van der Waals surface area contributed by atoms with Crippen LogP contribution >= 0.6 is 0 Å². The molecule has 6 nitrogen and oxygen atoms in total. The van der Waals surface area contributed by atoms with Gasteiger partial charge in [0, 0.05) is 19.3 Å². The number of hydrogen-bond acceptors (Lipinski definition) is 6. The molecular weight excluding hydrogens is 769 g/mol. The average molecular weight is 867 g/mol. The van der Waals surface area contributed by atoms with Crippen molar-refractivity contribution in [2.24, 2.45) is 0 Å². The molecule has 0 bridgehead atoms. The summed E-state index contributed by atoms with van der Waals surface area (Å²) in [6.45, 7) is 6.55. The zero-order valence-electron chi connectivity index (χ0n) is 40.9. The number of esters is 3. The van der Waals surface area contributed by atoms with Gasteiger partial charge in [-0.25, -0.2) is 0 Å². The third-order valence-electron chi connectivity index (χ3n) is 11.3. The first-order valence-corrected chi connectivity index (χ1v) is 26.3. The number of rotatable bonds is 47. The van der Waals surface area contributed by atoms with Crippen molar-refractivity contribution >= 4 is 17.9 Å². The van der Waals surface area contributed by atoms with Crippen LogP contribution in [0, 0.1) is 0 Å². The van der Waals surface area contributed by atoms with Gasteiger partial charge in [-0.1, -0.05) is 204 Å². The summed E-state index contributed by atoms with van der Waals surface area (Å²) in [7, 11) is 0. The molecule has 0 radical (unpaired) electrons. The molecule has 0 heterocycles. The van der Waals surface area contributed by atoms with E-state index in [4.69, 9.17) is 14.2 Å². The zero-order chi connectivity index (χ0) is 45.1. The molecule has 0 N–H and O–H groups in total. The van der Waals surface area contributed by atoms with Crippen molar-refractivity contribution < 1.29 is 28.6 Å². The first-order chi connectivity index (χ1) is 30.5. The van der Waals surface area contributed by atoms with E-state index in [1.54, 1.807) is 0 Å². The smallest absolute Gasteiger partial charge is 0.306 e. The van der Waals surface area contributed by atoms with Crippen LogP contribution in [-0.2, 0) is 28.6 Å². The molecule has 62 heavy (non-hydrogen) atoms. The first kappa shape index (κ1) is 59.1. The summed E-state index contributed by atoms with van der Waals surface area (Å²) in [5.74, 6) is -0.924. The molecule has 358 valence electrons. The van der Waals surface area contributed by atoms with Gasteiger partial charge in [0.25, 0.3) is 0 Å². The Morgan fingerprint density at radius 3 is 0.952 bits per heavy atom. The molecule has 6 heteroatoms. The summed E-state index contributed by atoms with van der Waals surface area (Å²) >= 11 is 0. The fraction of sp³-hybridized carbons (Fsp3) is 0.768. The van der Waals surface area contributed by atoms with Crippen LogP contribution in [0.3, 0.4) is 0 Å². The Hall–Kier alpha value is -2.89. The van der Waals surface area contributed by atoms with Gasteiger partial charge in [0.1, 0.15) is 13.2 Å². The van der Waals surface area contributed by atoms with Crippen LogP contribution in [-0.4, -0.2) is 37.2 Å². The molecule has 0 saturated heterocycles. The highest BCUT2D eigenvalue weighted by Crippen LogP contribution is 2.14. The molecule has 0 rings (SSSR count). The van der Waals surface area contributed by atoms with Crippen LogP contribution < -0.4 is 0 Å². The van der Waals surface area contributed by atoms with E-state index in [0.717, 1.165) is 89.9 Å². The fourth-order valence-electron chi connectivity index (χ4n) is 7.24. The third-order valence-corrected chi connectivity index (χ3v) is 11.3. The second-order valence-electron chi connectivity index (χ2n) is 17.5. The second-order valence-corrected chi connectivity index (χ2v) is 17.5. The van der Waals surface area contributed by atoms with Gasteiger partial charge in [-0.15, -0.1) is 0 Å². The molecule has 0 aromatic rings. The summed E-state index contributed by atoms with van der Waals surface area (Å²) < 4.78 is 16.8. The van der Waals surface area contributed by atoms with E-state index in [9.17, 15) is 14.4 Å². The molecule has 0 aliphatic heterocycles. The number of hydrogen-bond donors (Lipinski definition) is 0. The highest BCUT2D eigenvalue weighted by atomic mass is 16.6. The van der Waals surface area contributed by atoms with Crippen molar-refractivity contribution in [3.8, 4) is 0 Å². The monoisotopic (exact) mass is 867 g/mol. The lowest BCUT2D eigenvalue weighted by Crippen LogP contribution is -2.30. The standard InChI is InChI=1S/C56H98O6/c1-4-7-10-13-16-19-22-25-28-31-34-37-40-43-46-49-55(58)61-52-53(51-60-54(57)48-45-42-39-36-33-30-27-24-21-18-15-12-9-6-3)62-56(59)50-47-44-41-38-35-32-29-26-23-20-17-14-11-8-5-2/h16-17,19-20,22-23,25-26,30,33,53H,4-15,18,21,24,27-29,31-32,34-52H2,1-3H3/b19-16-,20-17-,25-22-,26-23-,33-30-. The zero-order valence-corrected chi connectivity index (χ0v) is 40.9. The van der Waals surface area contributed by atoms with Gasteiger partial charge >= 0.3 is 17.9 Å². The maximum absolute atomic E-state index is 12.8. The highest BCUT2D eigenvalue weighted by molar-refractivity contribution is 5.71. The predicted octanol–water partition coefficient (Wildman–Crippen LogP) is 17.3. The Balaban J connectivity index is 4.44. The van der Waals surface area contributed by atoms with Gasteiger partial charge in [-0.3, -0.25) is 14.4 Å². The van der Waals surface area contributed by atoms with Gasteiger partial charge in [-0.2, -0.15) is 0 Å². The van der Waals surface area contributed by atoms with Crippen molar-refractivity contribution in [1.82, 2.24) is 0 Å². The van der Waals surface area contributed by atoms with Crippen LogP contribution in [0.4, 0.5) is 0 Å². The van der Waals surface area contributed by atoms with Gasteiger partial charge in [0.05, 0.1) is 0 Å². The predicted molar refractivity (Wildman–Crippen MR) is 265 cm³/mol. The molecular formula is C56H98O6. The Bertz CT molecular complexity index is 1130. The lowest BCUT2D eigenvalue weighted by atomic mass is 10.1. The van der Waals surface area contributed by atoms with E-state index in [0.29, 0.717) is 19.3 Å². The molecule has 0 spiro atoms. The van der Waals surface area contributed by atoms with Crippen LogP contribution in [0.5, 0.6) is 0 Å². The molecule has 0 amide bonds. The van der Waals surface area contributed by atoms with Crippen molar-refractivity contribution in [3.63, 3.8) is 0 Å². The quantitative estimate of drug-likeness (QED) is 0.0199. The number of carbonyl (C=O) groups excluding carboxylic acids is 3. The summed E-state index contributed by atoms with van der Waals surface area (Å²) in [4.78, 5) is 38.0. The average Bonchev–Trinajstić information content (AvgIpc) is 3.27. The van der Waals surface area contributed by atoms with Crippen LogP contribution in [0.15, 0.2) is 60.8 Å². The van der Waals surface area contributed by atoms with Crippen molar-refractivity contribution in [2.45, 2.75) is 264 Å². The molecule has 0 aromatic carbocycles. The van der Waals surface area contributed by atoms with Gasteiger partial charge in [0.15, 0.2) is 6.10 Å². The molecule has 1 unspecified atom stereocenters. The molecule has 0 aromatic heterocycles. The normalized spacial score (nSPS) is 12.5. The minimum absolute atomic E-state index is 0.0897. The lowest BCUT2D eigenvalue weighted by Gasteiger charge is -2.18. The van der Waals surface area contributed by atoms with E-state index in [-0.39, 0.29) is 31.1 Å². The number of ether oxygens (including phenoxy) is 3. The minimum atomic E-state index is -0.790. The Labute approximate surface area is 383 Å². The molecule has 0 saturated carbocycles. The Morgan fingerprint density at radius 1 is 0.323 bits per heavy atom. The maximum atomic E-state index is 12.8. The third kappa shape index (κ3) is 48.1. The molecule has 1 atom stereocenters. The summed E-state index contributed by atoms with van der Waals surface area (Å²) in [5, 5.41) is 0. The van der Waals surface area contributed by atoms with E-state index >= 15 is 0 Å². The Kier molecular flexibility index (Phi) is 48.4. The SMILES string of the molecule is CCCCC/C=C\C=C/CCCCCCCCC(=O)OCC(COC(=O)CCCCC/C=C\CCCCCCCCC)OC(=O)CCCCCCCC/C=C\C=C/CCCCC. The van der Waals surface area contributed by atoms with Crippen molar-refractivity contribution in [1.29, 1.82) is 0 Å². The largest absolute Gasteiger partial charge is 0.462 e. The maximum Gasteiger partial charge on any atom is 0.306 e. The van der Waals surface area contributed by atoms with Crippen LogP contribution in [0.1, 0.15) is 258 Å². The number of allylic oxidation sites excluding steroid dienone is 10. The fourth-order valence-corrected chi connectivity index (χ4v) is 7.24. The van der Waals surface area contributed by atoms with Gasteiger partial charge < -0.3 is 14.2 Å². The lowest BCUT2D eigenvalue weighted by molar-refractivity contribution is -0.167. The first-order valence-electron chi connectivity index (χ1n) is 26.3. The van der Waals surface area contributed by atoms with E-state index in [1.165, 1.54) is 128 Å². The molecule has 0 aliphatic rings. The van der Waals surface area contributed by atoms with E-state index < -0.39 is 6.10 Å². The van der Waals surface area contributed by atoms with Crippen LogP contribution in [0.25, 0.3) is 0 Å².